The number of carbonyl (C=O) groups is 2. The molecule has 0 fully saturated rings. The lowest BCUT2D eigenvalue weighted by molar-refractivity contribution is -0.143. The van der Waals surface area contributed by atoms with Gasteiger partial charge in [-0.2, -0.15) is 0 Å². The monoisotopic (exact) mass is 720 g/mol. The minimum absolute atomic E-state index is 0.0339. The zero-order chi connectivity index (χ0) is 37.3. The Kier molecular flexibility index (Phi) is 39.8. The summed E-state index contributed by atoms with van der Waals surface area (Å²) in [4.78, 5) is 24.3. The van der Waals surface area contributed by atoms with Crippen LogP contribution in [0.3, 0.4) is 0 Å². The third kappa shape index (κ3) is 37.9. The summed E-state index contributed by atoms with van der Waals surface area (Å²) in [7, 11) is 0. The highest BCUT2D eigenvalue weighted by Gasteiger charge is 2.20. The van der Waals surface area contributed by atoms with Crippen LogP contribution in [0.2, 0.25) is 0 Å². The van der Waals surface area contributed by atoms with Crippen LogP contribution in [0.4, 0.5) is 0 Å². The fourth-order valence-corrected chi connectivity index (χ4v) is 6.51. The van der Waals surface area contributed by atoms with Crippen LogP contribution in [0.25, 0.3) is 0 Å². The Bertz CT molecular complexity index is 797. The molecule has 0 aromatic carbocycles. The van der Waals surface area contributed by atoms with Gasteiger partial charge >= 0.3 is 5.97 Å². The second-order valence-corrected chi connectivity index (χ2v) is 15.0. The first kappa shape index (κ1) is 49.3. The Morgan fingerprint density at radius 1 is 0.529 bits per heavy atom. The Morgan fingerprint density at radius 3 is 1.43 bits per heavy atom. The number of aliphatic hydroxyl groups is 2. The summed E-state index contributed by atoms with van der Waals surface area (Å²) < 4.78 is 5.41. The standard InChI is InChI=1S/C45H85NO5/c1-3-5-7-9-11-13-15-19-23-27-31-35-39-45(50)51-40-36-32-28-24-20-17-16-18-22-26-30-34-38-44(49)46-42(41-47)43(48)37-33-29-25-21-14-12-10-8-6-4-2/h11,13,17,20,42-43,47-48H,3-10,12,14-16,18-19,21-41H2,1-2H3,(H,46,49)/b13-11-,20-17-. The van der Waals surface area contributed by atoms with Gasteiger partial charge in [-0.1, -0.05) is 154 Å². The molecule has 0 aliphatic heterocycles. The number of rotatable bonds is 40. The molecular weight excluding hydrogens is 634 g/mol. The van der Waals surface area contributed by atoms with Crippen molar-refractivity contribution in [1.82, 2.24) is 5.32 Å². The van der Waals surface area contributed by atoms with Gasteiger partial charge in [-0.25, -0.2) is 0 Å². The number of hydrogen-bond acceptors (Lipinski definition) is 5. The molecule has 6 nitrogen and oxygen atoms in total. The zero-order valence-corrected chi connectivity index (χ0v) is 33.8. The number of unbranched alkanes of at least 4 members (excludes halogenated alkanes) is 25. The van der Waals surface area contributed by atoms with Gasteiger partial charge in [-0.05, 0) is 83.5 Å². The summed E-state index contributed by atoms with van der Waals surface area (Å²) in [6.45, 7) is 4.83. The van der Waals surface area contributed by atoms with Crippen molar-refractivity contribution in [3.05, 3.63) is 24.3 Å². The van der Waals surface area contributed by atoms with Crippen LogP contribution in [-0.4, -0.2) is 47.4 Å². The van der Waals surface area contributed by atoms with Gasteiger partial charge in [0.05, 0.1) is 25.4 Å². The van der Waals surface area contributed by atoms with E-state index < -0.39 is 12.1 Å². The van der Waals surface area contributed by atoms with Crippen molar-refractivity contribution in [3.63, 3.8) is 0 Å². The van der Waals surface area contributed by atoms with Gasteiger partial charge in [0.2, 0.25) is 5.91 Å². The molecule has 0 radical (unpaired) electrons. The second-order valence-electron chi connectivity index (χ2n) is 15.0. The van der Waals surface area contributed by atoms with Gasteiger partial charge in [-0.15, -0.1) is 0 Å². The molecule has 0 aliphatic rings. The summed E-state index contributed by atoms with van der Waals surface area (Å²) in [5.41, 5.74) is 0. The van der Waals surface area contributed by atoms with Crippen LogP contribution in [-0.2, 0) is 14.3 Å². The Hall–Kier alpha value is -1.66. The number of esters is 1. The van der Waals surface area contributed by atoms with Gasteiger partial charge in [0.25, 0.3) is 0 Å². The number of aliphatic hydroxyl groups excluding tert-OH is 2. The molecule has 0 bridgehead atoms. The van der Waals surface area contributed by atoms with E-state index >= 15 is 0 Å². The van der Waals surface area contributed by atoms with E-state index in [1.807, 2.05) is 0 Å². The van der Waals surface area contributed by atoms with E-state index in [9.17, 15) is 19.8 Å². The highest BCUT2D eigenvalue weighted by Crippen LogP contribution is 2.14. The molecule has 0 saturated heterocycles. The Balaban J connectivity index is 3.52. The zero-order valence-electron chi connectivity index (χ0n) is 33.8. The third-order valence-corrected chi connectivity index (χ3v) is 9.97. The van der Waals surface area contributed by atoms with Crippen molar-refractivity contribution >= 4 is 11.9 Å². The second kappa shape index (κ2) is 41.1. The van der Waals surface area contributed by atoms with Crippen LogP contribution in [0.15, 0.2) is 24.3 Å². The smallest absolute Gasteiger partial charge is 0.305 e. The minimum Gasteiger partial charge on any atom is -0.466 e. The van der Waals surface area contributed by atoms with Crippen molar-refractivity contribution in [2.24, 2.45) is 0 Å². The molecule has 0 spiro atoms. The van der Waals surface area contributed by atoms with E-state index in [-0.39, 0.29) is 18.5 Å². The first-order chi connectivity index (χ1) is 25.0. The van der Waals surface area contributed by atoms with Crippen molar-refractivity contribution in [2.75, 3.05) is 13.2 Å². The molecule has 6 heteroatoms. The predicted octanol–water partition coefficient (Wildman–Crippen LogP) is 12.4. The van der Waals surface area contributed by atoms with Crippen molar-refractivity contribution in [1.29, 1.82) is 0 Å². The third-order valence-electron chi connectivity index (χ3n) is 9.97. The first-order valence-electron chi connectivity index (χ1n) is 22.1. The molecule has 3 N–H and O–H groups in total. The molecule has 0 aromatic heterocycles. The summed E-state index contributed by atoms with van der Waals surface area (Å²) in [6, 6.07) is -0.558. The highest BCUT2D eigenvalue weighted by atomic mass is 16.5. The first-order valence-corrected chi connectivity index (χ1v) is 22.1. The summed E-state index contributed by atoms with van der Waals surface area (Å²) in [6.07, 6.45) is 45.6. The normalized spacial score (nSPS) is 12.9. The van der Waals surface area contributed by atoms with E-state index in [1.54, 1.807) is 0 Å². The number of ether oxygens (including phenoxy) is 1. The SMILES string of the molecule is CCCCC/C=C\CCCCCCCC(=O)OCCCCC/C=C\CCCCCCCC(=O)NC(CO)C(O)CCCCCCCCCCCC. The Morgan fingerprint density at radius 2 is 0.922 bits per heavy atom. The fraction of sp³-hybridized carbons (Fsp3) is 0.867. The summed E-state index contributed by atoms with van der Waals surface area (Å²) in [5, 5.41) is 23.0. The summed E-state index contributed by atoms with van der Waals surface area (Å²) >= 11 is 0. The highest BCUT2D eigenvalue weighted by molar-refractivity contribution is 5.76. The minimum atomic E-state index is -0.678. The fourth-order valence-electron chi connectivity index (χ4n) is 6.51. The molecule has 0 aliphatic carbocycles. The van der Waals surface area contributed by atoms with Crippen molar-refractivity contribution in [2.45, 2.75) is 238 Å². The van der Waals surface area contributed by atoms with E-state index in [1.165, 1.54) is 116 Å². The van der Waals surface area contributed by atoms with Gasteiger partial charge in [0.1, 0.15) is 0 Å². The maximum absolute atomic E-state index is 12.4. The maximum atomic E-state index is 12.4. The molecule has 1 amide bonds. The lowest BCUT2D eigenvalue weighted by Gasteiger charge is -2.22. The molecular formula is C45H85NO5. The Labute approximate surface area is 316 Å². The van der Waals surface area contributed by atoms with Gasteiger partial charge in [0.15, 0.2) is 0 Å². The largest absolute Gasteiger partial charge is 0.466 e. The molecule has 51 heavy (non-hydrogen) atoms. The van der Waals surface area contributed by atoms with Crippen LogP contribution >= 0.6 is 0 Å². The number of nitrogens with one attached hydrogen (secondary N) is 1. The quantitative estimate of drug-likeness (QED) is 0.0333. The topological polar surface area (TPSA) is 95.9 Å². The number of amides is 1. The van der Waals surface area contributed by atoms with E-state index in [2.05, 4.69) is 43.5 Å². The molecule has 2 unspecified atom stereocenters. The number of allylic oxidation sites excluding steroid dienone is 4. The molecule has 0 heterocycles. The lowest BCUT2D eigenvalue weighted by atomic mass is 10.0. The lowest BCUT2D eigenvalue weighted by Crippen LogP contribution is -2.45. The molecule has 0 saturated carbocycles. The summed E-state index contributed by atoms with van der Waals surface area (Å²) in [5.74, 6) is -0.0983. The van der Waals surface area contributed by atoms with Crippen molar-refractivity contribution < 1.29 is 24.5 Å². The van der Waals surface area contributed by atoms with Crippen LogP contribution < -0.4 is 5.32 Å². The van der Waals surface area contributed by atoms with E-state index in [0.29, 0.717) is 25.9 Å². The van der Waals surface area contributed by atoms with Crippen LogP contribution in [0, 0.1) is 0 Å². The molecule has 0 aromatic rings. The number of carbonyl (C=O) groups excluding carboxylic acids is 2. The van der Waals surface area contributed by atoms with E-state index in [4.69, 9.17) is 4.74 Å². The van der Waals surface area contributed by atoms with Gasteiger partial charge in [-0.3, -0.25) is 9.59 Å². The van der Waals surface area contributed by atoms with Gasteiger partial charge in [0, 0.05) is 12.8 Å². The van der Waals surface area contributed by atoms with Crippen molar-refractivity contribution in [3.8, 4) is 0 Å². The molecule has 300 valence electrons. The van der Waals surface area contributed by atoms with Crippen LogP contribution in [0.5, 0.6) is 0 Å². The van der Waals surface area contributed by atoms with E-state index in [0.717, 1.165) is 77.0 Å². The number of hydrogen-bond donors (Lipinski definition) is 3. The maximum Gasteiger partial charge on any atom is 0.305 e. The van der Waals surface area contributed by atoms with Gasteiger partial charge < -0.3 is 20.3 Å². The molecule has 0 rings (SSSR count). The average molecular weight is 720 g/mol. The average Bonchev–Trinajstić information content (AvgIpc) is 3.13. The molecule has 2 atom stereocenters. The van der Waals surface area contributed by atoms with Crippen LogP contribution in [0.1, 0.15) is 226 Å². The predicted molar refractivity (Wildman–Crippen MR) is 218 cm³/mol.